The molecule has 3 atom stereocenters. The molecule has 4 nitrogen and oxygen atoms in total. The minimum absolute atomic E-state index is 0.0421. The maximum Gasteiger partial charge on any atom is 0.250 e. The third-order valence-electron chi connectivity index (χ3n) is 3.62. The molecule has 1 amide bonds. The minimum atomic E-state index is -2.38. The molecule has 0 radical (unpaired) electrons. The zero-order valence-corrected chi connectivity index (χ0v) is 11.6. The van der Waals surface area contributed by atoms with Gasteiger partial charge < -0.3 is 15.3 Å². The van der Waals surface area contributed by atoms with Gasteiger partial charge in [-0.05, 0) is 25.2 Å². The van der Waals surface area contributed by atoms with E-state index in [0.717, 1.165) is 6.42 Å². The molecule has 0 saturated carbocycles. The van der Waals surface area contributed by atoms with Crippen molar-refractivity contribution in [2.24, 2.45) is 5.92 Å². The van der Waals surface area contributed by atoms with Crippen molar-refractivity contribution in [2.45, 2.75) is 51.7 Å². The van der Waals surface area contributed by atoms with Crippen LogP contribution in [-0.4, -0.2) is 54.1 Å². The van der Waals surface area contributed by atoms with Gasteiger partial charge in [-0.3, -0.25) is 4.79 Å². The highest BCUT2D eigenvalue weighted by atomic mass is 19.3. The van der Waals surface area contributed by atoms with E-state index in [0.29, 0.717) is 25.9 Å². The molecule has 2 N–H and O–H groups in total. The first-order chi connectivity index (χ1) is 8.92. The molecule has 0 aromatic heterocycles. The SMILES string of the molecule is CCC(O)CC1CC(NCC(F)F)CN(C(C)=O)C1. The molecule has 0 aromatic carbocycles. The maximum atomic E-state index is 12.2. The smallest absolute Gasteiger partial charge is 0.250 e. The Balaban J connectivity index is 2.54. The van der Waals surface area contributed by atoms with E-state index in [9.17, 15) is 18.7 Å². The molecule has 1 saturated heterocycles. The van der Waals surface area contributed by atoms with E-state index in [2.05, 4.69) is 5.32 Å². The Kier molecular flexibility index (Phi) is 6.65. The lowest BCUT2D eigenvalue weighted by Crippen LogP contribution is -2.52. The second kappa shape index (κ2) is 7.75. The monoisotopic (exact) mass is 278 g/mol. The highest BCUT2D eigenvalue weighted by Gasteiger charge is 2.29. The highest BCUT2D eigenvalue weighted by molar-refractivity contribution is 5.73. The van der Waals surface area contributed by atoms with Crippen molar-refractivity contribution >= 4 is 5.91 Å². The third-order valence-corrected chi connectivity index (χ3v) is 3.62. The minimum Gasteiger partial charge on any atom is -0.393 e. The van der Waals surface area contributed by atoms with Gasteiger partial charge >= 0.3 is 0 Å². The van der Waals surface area contributed by atoms with E-state index < -0.39 is 6.43 Å². The number of likely N-dealkylation sites (tertiary alicyclic amines) is 1. The lowest BCUT2D eigenvalue weighted by atomic mass is 9.89. The van der Waals surface area contributed by atoms with Crippen molar-refractivity contribution in [3.05, 3.63) is 0 Å². The van der Waals surface area contributed by atoms with Crippen LogP contribution in [-0.2, 0) is 4.79 Å². The molecule has 0 bridgehead atoms. The fourth-order valence-electron chi connectivity index (χ4n) is 2.59. The summed E-state index contributed by atoms with van der Waals surface area (Å²) in [4.78, 5) is 13.2. The summed E-state index contributed by atoms with van der Waals surface area (Å²) in [6.45, 7) is 4.13. The van der Waals surface area contributed by atoms with Gasteiger partial charge in [-0.2, -0.15) is 0 Å². The number of carbonyl (C=O) groups excluding carboxylic acids is 1. The van der Waals surface area contributed by atoms with Crippen molar-refractivity contribution in [3.63, 3.8) is 0 Å². The number of hydrogen-bond acceptors (Lipinski definition) is 3. The molecule has 1 aliphatic heterocycles. The van der Waals surface area contributed by atoms with Gasteiger partial charge in [-0.15, -0.1) is 0 Å². The number of rotatable bonds is 6. The fraction of sp³-hybridized carbons (Fsp3) is 0.923. The van der Waals surface area contributed by atoms with Gasteiger partial charge in [0, 0.05) is 26.1 Å². The molecular weight excluding hydrogens is 254 g/mol. The van der Waals surface area contributed by atoms with Crippen LogP contribution in [0.3, 0.4) is 0 Å². The van der Waals surface area contributed by atoms with Crippen LogP contribution in [0.25, 0.3) is 0 Å². The fourth-order valence-corrected chi connectivity index (χ4v) is 2.59. The molecular formula is C13H24F2N2O2. The number of amides is 1. The van der Waals surface area contributed by atoms with Gasteiger partial charge in [0.25, 0.3) is 6.43 Å². The van der Waals surface area contributed by atoms with E-state index >= 15 is 0 Å². The number of halogens is 2. The summed E-state index contributed by atoms with van der Waals surface area (Å²) in [5.74, 6) is 0.127. The maximum absolute atomic E-state index is 12.2. The third kappa shape index (κ3) is 5.82. The lowest BCUT2D eigenvalue weighted by molar-refractivity contribution is -0.131. The van der Waals surface area contributed by atoms with Crippen LogP contribution in [0.5, 0.6) is 0 Å². The van der Waals surface area contributed by atoms with Crippen LogP contribution >= 0.6 is 0 Å². The van der Waals surface area contributed by atoms with E-state index in [1.54, 1.807) is 4.90 Å². The standard InChI is InChI=1S/C13H24F2N2O2/c1-3-12(19)5-10-4-11(16-6-13(14)15)8-17(7-10)9(2)18/h10-13,16,19H,3-8H2,1-2H3. The predicted octanol–water partition coefficient (Wildman–Crippen LogP) is 1.24. The molecule has 1 rings (SSSR count). The van der Waals surface area contributed by atoms with Crippen molar-refractivity contribution in [1.29, 1.82) is 0 Å². The molecule has 1 fully saturated rings. The molecule has 1 aliphatic rings. The quantitative estimate of drug-likeness (QED) is 0.768. The van der Waals surface area contributed by atoms with Crippen LogP contribution in [0.15, 0.2) is 0 Å². The Morgan fingerprint density at radius 2 is 2.16 bits per heavy atom. The van der Waals surface area contributed by atoms with Crippen LogP contribution in [0.2, 0.25) is 0 Å². The van der Waals surface area contributed by atoms with Gasteiger partial charge in [0.15, 0.2) is 0 Å². The molecule has 3 unspecified atom stereocenters. The number of nitrogens with zero attached hydrogens (tertiary/aromatic N) is 1. The van der Waals surface area contributed by atoms with Gasteiger partial charge in [0.1, 0.15) is 0 Å². The Bertz CT molecular complexity index is 290. The first kappa shape index (κ1) is 16.3. The Hall–Kier alpha value is -0.750. The lowest BCUT2D eigenvalue weighted by Gasteiger charge is -2.38. The topological polar surface area (TPSA) is 52.6 Å². The van der Waals surface area contributed by atoms with Crippen LogP contribution in [0, 0.1) is 5.92 Å². The summed E-state index contributed by atoms with van der Waals surface area (Å²) >= 11 is 0. The average molecular weight is 278 g/mol. The first-order valence-electron chi connectivity index (χ1n) is 6.87. The first-order valence-corrected chi connectivity index (χ1v) is 6.87. The predicted molar refractivity (Wildman–Crippen MR) is 69.1 cm³/mol. The number of hydrogen-bond donors (Lipinski definition) is 2. The number of piperidine rings is 1. The second-order valence-corrected chi connectivity index (χ2v) is 5.32. The summed E-state index contributed by atoms with van der Waals surface area (Å²) in [5, 5.41) is 12.5. The summed E-state index contributed by atoms with van der Waals surface area (Å²) in [6.07, 6.45) is -0.744. The summed E-state index contributed by atoms with van der Waals surface area (Å²) in [7, 11) is 0. The molecule has 112 valence electrons. The number of aliphatic hydroxyl groups is 1. The van der Waals surface area contributed by atoms with E-state index in [1.807, 2.05) is 6.92 Å². The van der Waals surface area contributed by atoms with Crippen molar-refractivity contribution < 1.29 is 18.7 Å². The largest absolute Gasteiger partial charge is 0.393 e. The second-order valence-electron chi connectivity index (χ2n) is 5.32. The normalized spacial score (nSPS) is 25.7. The average Bonchev–Trinajstić information content (AvgIpc) is 2.35. The molecule has 6 heteroatoms. The Morgan fingerprint density at radius 1 is 1.47 bits per heavy atom. The molecule has 1 heterocycles. The molecule has 0 aliphatic carbocycles. The molecule has 0 spiro atoms. The van der Waals surface area contributed by atoms with Crippen molar-refractivity contribution in [3.8, 4) is 0 Å². The van der Waals surface area contributed by atoms with Crippen LogP contribution in [0.1, 0.15) is 33.1 Å². The van der Waals surface area contributed by atoms with Gasteiger partial charge in [-0.25, -0.2) is 8.78 Å². The van der Waals surface area contributed by atoms with Crippen LogP contribution in [0.4, 0.5) is 8.78 Å². The van der Waals surface area contributed by atoms with Crippen molar-refractivity contribution in [1.82, 2.24) is 10.2 Å². The van der Waals surface area contributed by atoms with Gasteiger partial charge in [0.2, 0.25) is 5.91 Å². The number of aliphatic hydroxyl groups excluding tert-OH is 1. The Labute approximate surface area is 113 Å². The number of carbonyl (C=O) groups is 1. The molecule has 19 heavy (non-hydrogen) atoms. The Morgan fingerprint density at radius 3 is 2.68 bits per heavy atom. The van der Waals surface area contributed by atoms with E-state index in [-0.39, 0.29) is 30.5 Å². The highest BCUT2D eigenvalue weighted by Crippen LogP contribution is 2.22. The number of alkyl halides is 2. The van der Waals surface area contributed by atoms with Gasteiger partial charge in [0.05, 0.1) is 12.6 Å². The number of nitrogens with one attached hydrogen (secondary N) is 1. The zero-order valence-electron chi connectivity index (χ0n) is 11.6. The van der Waals surface area contributed by atoms with E-state index in [4.69, 9.17) is 0 Å². The zero-order chi connectivity index (χ0) is 14.4. The van der Waals surface area contributed by atoms with Gasteiger partial charge in [-0.1, -0.05) is 6.92 Å². The summed E-state index contributed by atoms with van der Waals surface area (Å²) < 4.78 is 24.4. The van der Waals surface area contributed by atoms with Crippen molar-refractivity contribution in [2.75, 3.05) is 19.6 Å². The summed E-state index contributed by atoms with van der Waals surface area (Å²) in [5.41, 5.74) is 0. The summed E-state index contributed by atoms with van der Waals surface area (Å²) in [6, 6.07) is -0.110. The van der Waals surface area contributed by atoms with E-state index in [1.165, 1.54) is 6.92 Å². The molecule has 0 aromatic rings. The van der Waals surface area contributed by atoms with Crippen LogP contribution < -0.4 is 5.32 Å².